The Labute approximate surface area is 143 Å². The van der Waals surface area contributed by atoms with Crippen molar-refractivity contribution in [3.63, 3.8) is 0 Å². The van der Waals surface area contributed by atoms with Gasteiger partial charge < -0.3 is 4.74 Å². The summed E-state index contributed by atoms with van der Waals surface area (Å²) in [6.45, 7) is 2.07. The SMILES string of the molecule is CCOC(=O)c1cnc(-c2cc(C#N)c(-c3ccccc3)cn2)s1. The number of hydrogen-bond donors (Lipinski definition) is 0. The zero-order valence-corrected chi connectivity index (χ0v) is 13.7. The Morgan fingerprint density at radius 3 is 2.75 bits per heavy atom. The highest BCUT2D eigenvalue weighted by Crippen LogP contribution is 2.29. The van der Waals surface area contributed by atoms with Gasteiger partial charge in [0.05, 0.1) is 24.4 Å². The fourth-order valence-electron chi connectivity index (χ4n) is 2.20. The van der Waals surface area contributed by atoms with E-state index in [4.69, 9.17) is 4.74 Å². The largest absolute Gasteiger partial charge is 0.462 e. The van der Waals surface area contributed by atoms with Gasteiger partial charge in [0.25, 0.3) is 0 Å². The molecule has 0 radical (unpaired) electrons. The number of rotatable bonds is 4. The van der Waals surface area contributed by atoms with Gasteiger partial charge >= 0.3 is 5.97 Å². The molecule has 0 saturated carbocycles. The Hall–Kier alpha value is -3.04. The van der Waals surface area contributed by atoms with E-state index in [0.29, 0.717) is 27.7 Å². The minimum absolute atomic E-state index is 0.314. The van der Waals surface area contributed by atoms with Crippen molar-refractivity contribution >= 4 is 17.3 Å². The van der Waals surface area contributed by atoms with Crippen molar-refractivity contribution in [3.8, 4) is 27.9 Å². The van der Waals surface area contributed by atoms with E-state index in [0.717, 1.165) is 11.1 Å². The van der Waals surface area contributed by atoms with E-state index >= 15 is 0 Å². The zero-order valence-electron chi connectivity index (χ0n) is 12.9. The molecule has 0 spiro atoms. The molecule has 0 aliphatic heterocycles. The van der Waals surface area contributed by atoms with Crippen LogP contribution in [-0.4, -0.2) is 22.5 Å². The molecule has 24 heavy (non-hydrogen) atoms. The number of hydrogen-bond acceptors (Lipinski definition) is 6. The molecule has 0 N–H and O–H groups in total. The molecular weight excluding hydrogens is 322 g/mol. The third kappa shape index (κ3) is 3.16. The Morgan fingerprint density at radius 1 is 1.25 bits per heavy atom. The first kappa shape index (κ1) is 15.8. The van der Waals surface area contributed by atoms with Crippen LogP contribution >= 0.6 is 11.3 Å². The van der Waals surface area contributed by atoms with E-state index < -0.39 is 5.97 Å². The molecule has 0 atom stereocenters. The number of nitrogens with zero attached hydrogens (tertiary/aromatic N) is 3. The van der Waals surface area contributed by atoms with Gasteiger partial charge in [-0.25, -0.2) is 9.78 Å². The van der Waals surface area contributed by atoms with E-state index in [1.54, 1.807) is 19.2 Å². The molecule has 2 heterocycles. The fraction of sp³-hybridized carbons (Fsp3) is 0.111. The van der Waals surface area contributed by atoms with Crippen molar-refractivity contribution in [1.82, 2.24) is 9.97 Å². The first-order valence-corrected chi connectivity index (χ1v) is 8.13. The lowest BCUT2D eigenvalue weighted by Gasteiger charge is -2.05. The Balaban J connectivity index is 1.96. The van der Waals surface area contributed by atoms with Crippen LogP contribution in [0.1, 0.15) is 22.2 Å². The average molecular weight is 335 g/mol. The number of esters is 1. The number of carbonyl (C=O) groups excluding carboxylic acids is 1. The molecule has 3 aromatic rings. The summed E-state index contributed by atoms with van der Waals surface area (Å²) in [6, 6.07) is 13.5. The van der Waals surface area contributed by atoms with Crippen molar-refractivity contribution in [1.29, 1.82) is 5.26 Å². The molecule has 1 aromatic carbocycles. The van der Waals surface area contributed by atoms with E-state index in [2.05, 4.69) is 16.0 Å². The van der Waals surface area contributed by atoms with Crippen LogP contribution in [0.4, 0.5) is 0 Å². The summed E-state index contributed by atoms with van der Waals surface area (Å²) >= 11 is 1.20. The van der Waals surface area contributed by atoms with Crippen molar-refractivity contribution in [2.45, 2.75) is 6.92 Å². The molecule has 0 fully saturated rings. The zero-order chi connectivity index (χ0) is 16.9. The summed E-state index contributed by atoms with van der Waals surface area (Å²) in [6.07, 6.45) is 3.13. The summed E-state index contributed by atoms with van der Waals surface area (Å²) in [4.78, 5) is 20.8. The maximum atomic E-state index is 11.7. The molecule has 0 aliphatic carbocycles. The maximum absolute atomic E-state index is 11.7. The smallest absolute Gasteiger partial charge is 0.349 e. The van der Waals surface area contributed by atoms with Gasteiger partial charge in [-0.3, -0.25) is 4.98 Å². The molecule has 0 amide bonds. The van der Waals surface area contributed by atoms with Crippen LogP contribution in [-0.2, 0) is 4.74 Å². The minimum atomic E-state index is -0.400. The number of carbonyl (C=O) groups is 1. The van der Waals surface area contributed by atoms with Gasteiger partial charge in [0.15, 0.2) is 0 Å². The van der Waals surface area contributed by atoms with Crippen molar-refractivity contribution < 1.29 is 9.53 Å². The highest BCUT2D eigenvalue weighted by Gasteiger charge is 2.15. The summed E-state index contributed by atoms with van der Waals surface area (Å²) in [5, 5.41) is 10.0. The van der Waals surface area contributed by atoms with Crippen LogP contribution in [0.15, 0.2) is 48.8 Å². The van der Waals surface area contributed by atoms with Crippen molar-refractivity contribution in [3.05, 3.63) is 59.2 Å². The first-order valence-electron chi connectivity index (χ1n) is 7.31. The van der Waals surface area contributed by atoms with Crippen LogP contribution in [0.25, 0.3) is 21.8 Å². The quantitative estimate of drug-likeness (QED) is 0.675. The van der Waals surface area contributed by atoms with E-state index in [1.165, 1.54) is 17.5 Å². The van der Waals surface area contributed by atoms with Gasteiger partial charge in [-0.15, -0.1) is 11.3 Å². The van der Waals surface area contributed by atoms with Gasteiger partial charge in [-0.05, 0) is 18.6 Å². The van der Waals surface area contributed by atoms with Crippen LogP contribution < -0.4 is 0 Å². The number of pyridine rings is 1. The summed E-state index contributed by atoms with van der Waals surface area (Å²) in [5.74, 6) is -0.400. The van der Waals surface area contributed by atoms with Gasteiger partial charge in [-0.2, -0.15) is 5.26 Å². The predicted octanol–water partition coefficient (Wildman–Crippen LogP) is 3.92. The molecule has 2 aromatic heterocycles. The highest BCUT2D eigenvalue weighted by molar-refractivity contribution is 7.16. The van der Waals surface area contributed by atoms with Crippen LogP contribution in [0.5, 0.6) is 0 Å². The molecule has 3 rings (SSSR count). The number of aromatic nitrogens is 2. The lowest BCUT2D eigenvalue weighted by Crippen LogP contribution is -2.01. The molecule has 5 nitrogen and oxygen atoms in total. The van der Waals surface area contributed by atoms with Crippen LogP contribution in [0, 0.1) is 11.3 Å². The number of benzene rings is 1. The topological polar surface area (TPSA) is 75.9 Å². The predicted molar refractivity (Wildman–Crippen MR) is 91.5 cm³/mol. The van der Waals surface area contributed by atoms with Crippen molar-refractivity contribution in [2.24, 2.45) is 0 Å². The van der Waals surface area contributed by atoms with Crippen LogP contribution in [0.3, 0.4) is 0 Å². The van der Waals surface area contributed by atoms with E-state index in [9.17, 15) is 10.1 Å². The third-order valence-corrected chi connectivity index (χ3v) is 4.31. The van der Waals surface area contributed by atoms with Gasteiger partial charge in [0.2, 0.25) is 0 Å². The molecule has 6 heteroatoms. The molecular formula is C18H13N3O2S. The first-order chi connectivity index (χ1) is 11.7. The molecule has 0 unspecified atom stereocenters. The number of nitriles is 1. The Bertz CT molecular complexity index is 914. The monoisotopic (exact) mass is 335 g/mol. The molecule has 0 aliphatic rings. The van der Waals surface area contributed by atoms with Gasteiger partial charge in [0, 0.05) is 11.8 Å². The number of thiazole rings is 1. The summed E-state index contributed by atoms with van der Waals surface area (Å²) in [5.41, 5.74) is 2.77. The molecule has 118 valence electrons. The third-order valence-electron chi connectivity index (χ3n) is 3.31. The van der Waals surface area contributed by atoms with Crippen LogP contribution in [0.2, 0.25) is 0 Å². The Kier molecular flexibility index (Phi) is 4.64. The van der Waals surface area contributed by atoms with Gasteiger partial charge in [0.1, 0.15) is 15.6 Å². The lowest BCUT2D eigenvalue weighted by atomic mass is 10.0. The highest BCUT2D eigenvalue weighted by atomic mass is 32.1. The normalized spacial score (nSPS) is 10.2. The minimum Gasteiger partial charge on any atom is -0.462 e. The van der Waals surface area contributed by atoms with E-state index in [-0.39, 0.29) is 0 Å². The second-order valence-electron chi connectivity index (χ2n) is 4.84. The number of ether oxygens (including phenoxy) is 1. The second-order valence-corrected chi connectivity index (χ2v) is 5.87. The van der Waals surface area contributed by atoms with Gasteiger partial charge in [-0.1, -0.05) is 30.3 Å². The maximum Gasteiger partial charge on any atom is 0.349 e. The fourth-order valence-corrected chi connectivity index (χ4v) is 2.98. The van der Waals surface area contributed by atoms with Crippen molar-refractivity contribution in [2.75, 3.05) is 6.61 Å². The Morgan fingerprint density at radius 2 is 2.04 bits per heavy atom. The standard InChI is InChI=1S/C18H13N3O2S/c1-2-23-18(22)16-11-21-17(24-16)15-8-13(9-19)14(10-20-15)12-6-4-3-5-7-12/h3-8,10-11H,2H2,1H3. The summed E-state index contributed by atoms with van der Waals surface area (Å²) < 4.78 is 4.96. The van der Waals surface area contributed by atoms with E-state index in [1.807, 2.05) is 30.3 Å². The molecule has 0 saturated heterocycles. The lowest BCUT2D eigenvalue weighted by molar-refractivity contribution is 0.0532. The second kappa shape index (κ2) is 7.02. The average Bonchev–Trinajstić information content (AvgIpc) is 3.12. The summed E-state index contributed by atoms with van der Waals surface area (Å²) in [7, 11) is 0. The molecule has 0 bridgehead atoms.